The van der Waals surface area contributed by atoms with Crippen molar-refractivity contribution in [2.24, 2.45) is 0 Å². The molecule has 8 nitrogen and oxygen atoms in total. The molecule has 2 aromatic heterocycles. The normalized spacial score (nSPS) is 17.5. The summed E-state index contributed by atoms with van der Waals surface area (Å²) in [6, 6.07) is 22.4. The highest BCUT2D eigenvalue weighted by atomic mass is 16.2. The standard InChI is InChI=1S/C36H37N5O3/c1-2-33(42)38-29-10-6-9-27(21-29)35(43)39-28-16-19-41(20-17-28)23-24-11-13-26(14-12-24)34-30(25-7-4-3-5-8-25)22-31-32(40-34)15-18-37-36(31)44/h2-5,7-8,11-15,18,21-22,28-29H,1,6,9-10,16-17,19-20,23H2,(H,37,44)(H,38,42)(H,39,43). The summed E-state index contributed by atoms with van der Waals surface area (Å²) in [4.78, 5) is 47.2. The summed E-state index contributed by atoms with van der Waals surface area (Å²) >= 11 is 0. The van der Waals surface area contributed by atoms with Crippen LogP contribution in [-0.4, -0.2) is 51.9 Å². The third kappa shape index (κ3) is 6.71. The summed E-state index contributed by atoms with van der Waals surface area (Å²) in [6.45, 7) is 6.15. The van der Waals surface area contributed by atoms with Crippen LogP contribution >= 0.6 is 0 Å². The summed E-state index contributed by atoms with van der Waals surface area (Å²) in [7, 11) is 0. The number of likely N-dealkylation sites (tertiary alicyclic amines) is 1. The molecule has 2 amide bonds. The highest BCUT2D eigenvalue weighted by Crippen LogP contribution is 2.33. The number of H-pyrrole nitrogens is 1. The Bertz CT molecular complexity index is 1750. The van der Waals surface area contributed by atoms with Crippen LogP contribution in [0.3, 0.4) is 0 Å². The first-order chi connectivity index (χ1) is 21.5. The van der Waals surface area contributed by atoms with Crippen LogP contribution in [0.4, 0.5) is 0 Å². The Kier molecular flexibility index (Phi) is 8.79. The zero-order valence-corrected chi connectivity index (χ0v) is 24.7. The monoisotopic (exact) mass is 587 g/mol. The second-order valence-corrected chi connectivity index (χ2v) is 11.6. The Balaban J connectivity index is 1.09. The molecule has 1 saturated heterocycles. The third-order valence-electron chi connectivity index (χ3n) is 8.56. The van der Waals surface area contributed by atoms with E-state index in [9.17, 15) is 14.4 Å². The van der Waals surface area contributed by atoms with Gasteiger partial charge in [-0.25, -0.2) is 4.98 Å². The number of benzene rings is 2. The van der Waals surface area contributed by atoms with Gasteiger partial charge in [0.25, 0.3) is 5.56 Å². The Morgan fingerprint density at radius 2 is 1.75 bits per heavy atom. The molecule has 8 heteroatoms. The van der Waals surface area contributed by atoms with Crippen molar-refractivity contribution >= 4 is 22.7 Å². The fraction of sp³-hybridized carbons (Fsp3) is 0.278. The van der Waals surface area contributed by atoms with E-state index in [1.54, 1.807) is 6.20 Å². The van der Waals surface area contributed by atoms with Crippen LogP contribution in [-0.2, 0) is 16.1 Å². The molecule has 2 aromatic carbocycles. The summed E-state index contributed by atoms with van der Waals surface area (Å²) in [5.41, 5.74) is 6.28. The first-order valence-electron chi connectivity index (χ1n) is 15.3. The number of aromatic nitrogens is 2. The fourth-order valence-electron chi connectivity index (χ4n) is 6.17. The molecule has 2 aliphatic rings. The molecule has 1 atom stereocenters. The topological polar surface area (TPSA) is 107 Å². The Morgan fingerprint density at radius 3 is 2.50 bits per heavy atom. The number of pyridine rings is 2. The first kappa shape index (κ1) is 29.3. The zero-order valence-electron chi connectivity index (χ0n) is 24.7. The highest BCUT2D eigenvalue weighted by molar-refractivity contribution is 5.94. The van der Waals surface area contributed by atoms with Crippen molar-refractivity contribution in [3.05, 3.63) is 113 Å². The molecule has 44 heavy (non-hydrogen) atoms. The van der Waals surface area contributed by atoms with Gasteiger partial charge in [0.05, 0.1) is 16.6 Å². The van der Waals surface area contributed by atoms with E-state index < -0.39 is 0 Å². The van der Waals surface area contributed by atoms with Gasteiger partial charge in [0, 0.05) is 54.6 Å². The number of rotatable bonds is 8. The molecule has 1 fully saturated rings. The lowest BCUT2D eigenvalue weighted by Gasteiger charge is -2.33. The number of hydrogen-bond donors (Lipinski definition) is 3. The van der Waals surface area contributed by atoms with Gasteiger partial charge in [0.2, 0.25) is 11.8 Å². The fourth-order valence-corrected chi connectivity index (χ4v) is 6.17. The van der Waals surface area contributed by atoms with E-state index in [0.29, 0.717) is 10.9 Å². The first-order valence-corrected chi connectivity index (χ1v) is 15.3. The van der Waals surface area contributed by atoms with Gasteiger partial charge in [-0.2, -0.15) is 0 Å². The van der Waals surface area contributed by atoms with Crippen LogP contribution < -0.4 is 16.2 Å². The summed E-state index contributed by atoms with van der Waals surface area (Å²) in [5.74, 6) is -0.228. The van der Waals surface area contributed by atoms with E-state index in [1.165, 1.54) is 11.6 Å². The lowest BCUT2D eigenvalue weighted by Crippen LogP contribution is -2.45. The zero-order chi connectivity index (χ0) is 30.5. The number of hydrogen-bond acceptors (Lipinski definition) is 5. The number of carbonyl (C=O) groups is 2. The molecule has 0 saturated carbocycles. The highest BCUT2D eigenvalue weighted by Gasteiger charge is 2.24. The van der Waals surface area contributed by atoms with Gasteiger partial charge in [-0.3, -0.25) is 19.3 Å². The van der Waals surface area contributed by atoms with Gasteiger partial charge in [-0.15, -0.1) is 0 Å². The van der Waals surface area contributed by atoms with E-state index >= 15 is 0 Å². The number of fused-ring (bicyclic) bond motifs is 1. The second kappa shape index (κ2) is 13.2. The lowest BCUT2D eigenvalue weighted by molar-refractivity contribution is -0.119. The van der Waals surface area contributed by atoms with E-state index in [-0.39, 0.29) is 29.5 Å². The molecule has 4 aromatic rings. The molecule has 6 rings (SSSR count). The molecule has 3 N–H and O–H groups in total. The van der Waals surface area contributed by atoms with Crippen molar-refractivity contribution in [2.75, 3.05) is 13.1 Å². The molecule has 1 aliphatic carbocycles. The van der Waals surface area contributed by atoms with Crippen LogP contribution in [0.2, 0.25) is 0 Å². The van der Waals surface area contributed by atoms with Gasteiger partial charge < -0.3 is 15.6 Å². The number of nitrogens with zero attached hydrogens (tertiary/aromatic N) is 2. The molecule has 0 radical (unpaired) electrons. The summed E-state index contributed by atoms with van der Waals surface area (Å²) in [6.07, 6.45) is 9.04. The van der Waals surface area contributed by atoms with E-state index in [0.717, 1.165) is 79.7 Å². The SMILES string of the molecule is C=CC(=O)NC1C=C(C(=O)NC2CCN(Cc3ccc(-c4nc5cc[nH]c(=O)c5cc4-c4ccccc4)cc3)CC2)CCC1. The number of aromatic amines is 1. The predicted octanol–water partition coefficient (Wildman–Crippen LogP) is 5.12. The van der Waals surface area contributed by atoms with E-state index in [2.05, 4.69) is 51.4 Å². The number of amides is 2. The van der Waals surface area contributed by atoms with Gasteiger partial charge >= 0.3 is 0 Å². The van der Waals surface area contributed by atoms with E-state index in [4.69, 9.17) is 4.98 Å². The van der Waals surface area contributed by atoms with Crippen LogP contribution in [0.5, 0.6) is 0 Å². The quantitative estimate of drug-likeness (QED) is 0.248. The lowest BCUT2D eigenvalue weighted by atomic mass is 9.94. The van der Waals surface area contributed by atoms with Gasteiger partial charge in [0.15, 0.2) is 0 Å². The molecular formula is C36H37N5O3. The van der Waals surface area contributed by atoms with Crippen molar-refractivity contribution < 1.29 is 9.59 Å². The Morgan fingerprint density at radius 1 is 0.977 bits per heavy atom. The molecule has 1 aliphatic heterocycles. The van der Waals surface area contributed by atoms with Crippen molar-refractivity contribution in [1.82, 2.24) is 25.5 Å². The third-order valence-corrected chi connectivity index (χ3v) is 8.56. The van der Waals surface area contributed by atoms with E-state index in [1.807, 2.05) is 48.5 Å². The van der Waals surface area contributed by atoms with Crippen LogP contribution in [0.15, 0.2) is 102 Å². The average Bonchev–Trinajstić information content (AvgIpc) is 3.06. The average molecular weight is 588 g/mol. The maximum atomic E-state index is 12.9. The van der Waals surface area contributed by atoms with Crippen LogP contribution in [0.25, 0.3) is 33.3 Å². The minimum atomic E-state index is -0.213. The molecule has 0 spiro atoms. The number of nitrogens with one attached hydrogen (secondary N) is 3. The smallest absolute Gasteiger partial charge is 0.257 e. The minimum absolute atomic E-state index is 0.0154. The molecule has 1 unspecified atom stereocenters. The number of piperidine rings is 1. The molecular weight excluding hydrogens is 550 g/mol. The second-order valence-electron chi connectivity index (χ2n) is 11.6. The number of carbonyl (C=O) groups excluding carboxylic acids is 2. The van der Waals surface area contributed by atoms with Crippen molar-refractivity contribution in [3.8, 4) is 22.4 Å². The molecule has 0 bridgehead atoms. The van der Waals surface area contributed by atoms with Crippen molar-refractivity contribution in [1.29, 1.82) is 0 Å². The summed E-state index contributed by atoms with van der Waals surface area (Å²) in [5, 5.41) is 6.68. The van der Waals surface area contributed by atoms with Crippen molar-refractivity contribution in [3.63, 3.8) is 0 Å². The van der Waals surface area contributed by atoms with Gasteiger partial charge in [0.1, 0.15) is 0 Å². The maximum Gasteiger partial charge on any atom is 0.257 e. The van der Waals surface area contributed by atoms with Crippen LogP contribution in [0, 0.1) is 0 Å². The molecule has 3 heterocycles. The van der Waals surface area contributed by atoms with Gasteiger partial charge in [-0.05, 0) is 61.4 Å². The largest absolute Gasteiger partial charge is 0.349 e. The predicted molar refractivity (Wildman–Crippen MR) is 174 cm³/mol. The minimum Gasteiger partial charge on any atom is -0.349 e. The van der Waals surface area contributed by atoms with Crippen molar-refractivity contribution in [2.45, 2.75) is 50.7 Å². The molecule has 224 valence electrons. The van der Waals surface area contributed by atoms with Gasteiger partial charge in [-0.1, -0.05) is 67.3 Å². The summed E-state index contributed by atoms with van der Waals surface area (Å²) < 4.78 is 0. The van der Waals surface area contributed by atoms with Crippen LogP contribution in [0.1, 0.15) is 37.7 Å². The maximum absolute atomic E-state index is 12.9. The Hall–Kier alpha value is -4.82. The Labute approximate surface area is 256 Å².